The van der Waals surface area contributed by atoms with Crippen molar-refractivity contribution in [2.75, 3.05) is 27.2 Å². The number of carbonyl (C=O) groups excluding carboxylic acids is 2. The minimum Gasteiger partial charge on any atom is -0.348 e. The Morgan fingerprint density at radius 2 is 1.73 bits per heavy atom. The zero-order valence-electron chi connectivity index (χ0n) is 17.4. The Hall–Kier alpha value is -2.92. The van der Waals surface area contributed by atoms with Crippen molar-refractivity contribution in [2.24, 2.45) is 5.41 Å². The van der Waals surface area contributed by atoms with Crippen LogP contribution in [0.15, 0.2) is 72.1 Å². The average Bonchev–Trinajstić information content (AvgIpc) is 3.45. The molecule has 0 spiro atoms. The van der Waals surface area contributed by atoms with Gasteiger partial charge in [-0.15, -0.1) is 11.3 Å². The van der Waals surface area contributed by atoms with Gasteiger partial charge >= 0.3 is 0 Å². The molecule has 30 heavy (non-hydrogen) atoms. The number of carbonyl (C=O) groups is 2. The first-order valence-electron chi connectivity index (χ1n) is 10.2. The Labute approximate surface area is 181 Å². The summed E-state index contributed by atoms with van der Waals surface area (Å²) in [5, 5.41) is 2.07. The highest BCUT2D eigenvalue weighted by molar-refractivity contribution is 7.13. The molecular weight excluding hydrogens is 392 g/mol. The second-order valence-corrected chi connectivity index (χ2v) is 9.12. The van der Waals surface area contributed by atoms with Gasteiger partial charge < -0.3 is 9.80 Å². The number of thiophene rings is 1. The fourth-order valence-corrected chi connectivity index (χ4v) is 5.03. The maximum Gasteiger partial charge on any atom is 0.253 e. The highest BCUT2D eigenvalue weighted by Crippen LogP contribution is 2.37. The Morgan fingerprint density at radius 1 is 1.00 bits per heavy atom. The summed E-state index contributed by atoms with van der Waals surface area (Å²) in [5.74, 6) is 0.0882. The van der Waals surface area contributed by atoms with E-state index in [0.717, 1.165) is 5.56 Å². The second kappa shape index (κ2) is 8.44. The topological polar surface area (TPSA) is 40.6 Å². The number of benzene rings is 2. The molecule has 1 aliphatic heterocycles. The molecule has 154 valence electrons. The normalized spacial score (nSPS) is 18.4. The smallest absolute Gasteiger partial charge is 0.253 e. The summed E-state index contributed by atoms with van der Waals surface area (Å²) in [6, 6.07) is 21.9. The van der Waals surface area contributed by atoms with Gasteiger partial charge in [-0.25, -0.2) is 0 Å². The molecule has 2 aromatic carbocycles. The van der Waals surface area contributed by atoms with Crippen LogP contribution in [0.1, 0.15) is 22.3 Å². The van der Waals surface area contributed by atoms with Gasteiger partial charge in [0.1, 0.15) is 0 Å². The van der Waals surface area contributed by atoms with Crippen molar-refractivity contribution in [3.8, 4) is 10.4 Å². The van der Waals surface area contributed by atoms with E-state index in [9.17, 15) is 9.59 Å². The molecule has 0 radical (unpaired) electrons. The first kappa shape index (κ1) is 20.4. The second-order valence-electron chi connectivity index (χ2n) is 8.17. The van der Waals surface area contributed by atoms with Gasteiger partial charge in [0.15, 0.2) is 0 Å². The van der Waals surface area contributed by atoms with E-state index in [4.69, 9.17) is 0 Å². The van der Waals surface area contributed by atoms with Gasteiger partial charge in [0.2, 0.25) is 5.91 Å². The number of amides is 2. The summed E-state index contributed by atoms with van der Waals surface area (Å²) in [4.78, 5) is 30.9. The van der Waals surface area contributed by atoms with Gasteiger partial charge in [-0.1, -0.05) is 48.5 Å². The molecule has 1 aromatic heterocycles. The van der Waals surface area contributed by atoms with Gasteiger partial charge in [0, 0.05) is 37.6 Å². The molecule has 3 aromatic rings. The van der Waals surface area contributed by atoms with Crippen molar-refractivity contribution in [2.45, 2.75) is 12.8 Å². The minimum absolute atomic E-state index is 0.00271. The van der Waals surface area contributed by atoms with Gasteiger partial charge in [-0.2, -0.15) is 0 Å². The maximum atomic E-state index is 13.2. The SMILES string of the molecule is CN(C)C(=O)C1(Cc2ccc(-c3cccs3)cc2)CCN(C(=O)c2ccccc2)C1. The summed E-state index contributed by atoms with van der Waals surface area (Å²) in [6.45, 7) is 1.05. The molecule has 1 saturated heterocycles. The summed E-state index contributed by atoms with van der Waals surface area (Å²) < 4.78 is 0. The summed E-state index contributed by atoms with van der Waals surface area (Å²) in [6.07, 6.45) is 1.31. The van der Waals surface area contributed by atoms with Crippen LogP contribution in [-0.2, 0) is 11.2 Å². The van der Waals surface area contributed by atoms with Crippen molar-refractivity contribution in [3.63, 3.8) is 0 Å². The fraction of sp³-hybridized carbons (Fsp3) is 0.280. The van der Waals surface area contributed by atoms with Crippen LogP contribution in [0.25, 0.3) is 10.4 Å². The third-order valence-electron chi connectivity index (χ3n) is 5.82. The maximum absolute atomic E-state index is 13.2. The van der Waals surface area contributed by atoms with Crippen molar-refractivity contribution in [1.29, 1.82) is 0 Å². The molecule has 0 aliphatic carbocycles. The van der Waals surface area contributed by atoms with Crippen LogP contribution in [0.3, 0.4) is 0 Å². The molecule has 5 heteroatoms. The van der Waals surface area contributed by atoms with Crippen LogP contribution in [0, 0.1) is 5.41 Å². The molecule has 4 nitrogen and oxygen atoms in total. The lowest BCUT2D eigenvalue weighted by atomic mass is 9.79. The molecule has 2 amide bonds. The van der Waals surface area contributed by atoms with Crippen molar-refractivity contribution >= 4 is 23.2 Å². The van der Waals surface area contributed by atoms with Crippen LogP contribution in [-0.4, -0.2) is 48.8 Å². The number of hydrogen-bond acceptors (Lipinski definition) is 3. The third-order valence-corrected chi connectivity index (χ3v) is 6.74. The van der Waals surface area contributed by atoms with E-state index in [-0.39, 0.29) is 11.8 Å². The largest absolute Gasteiger partial charge is 0.348 e. The van der Waals surface area contributed by atoms with Crippen molar-refractivity contribution in [1.82, 2.24) is 9.80 Å². The molecular formula is C25H26N2O2S. The monoisotopic (exact) mass is 418 g/mol. The fourth-order valence-electron chi connectivity index (χ4n) is 4.30. The van der Waals surface area contributed by atoms with Crippen LogP contribution in [0.2, 0.25) is 0 Å². The van der Waals surface area contributed by atoms with Crippen LogP contribution in [0.4, 0.5) is 0 Å². The van der Waals surface area contributed by atoms with E-state index in [1.165, 1.54) is 10.4 Å². The number of likely N-dealkylation sites (tertiary alicyclic amines) is 1. The highest BCUT2D eigenvalue weighted by Gasteiger charge is 2.46. The standard InChI is InChI=1S/C25H26N2O2S/c1-26(2)24(29)25(14-15-27(18-25)23(28)21-7-4-3-5-8-21)17-19-10-12-20(13-11-19)22-9-6-16-30-22/h3-13,16H,14-15,17-18H2,1-2H3. The lowest BCUT2D eigenvalue weighted by molar-refractivity contribution is -0.138. The number of hydrogen-bond donors (Lipinski definition) is 0. The van der Waals surface area contributed by atoms with Gasteiger partial charge in [0.25, 0.3) is 5.91 Å². The minimum atomic E-state index is -0.585. The van der Waals surface area contributed by atoms with Crippen molar-refractivity contribution in [3.05, 3.63) is 83.2 Å². The zero-order valence-corrected chi connectivity index (χ0v) is 18.2. The lowest BCUT2D eigenvalue weighted by Crippen LogP contribution is -2.44. The van der Waals surface area contributed by atoms with E-state index < -0.39 is 5.41 Å². The van der Waals surface area contributed by atoms with Gasteiger partial charge in [0.05, 0.1) is 5.41 Å². The zero-order chi connectivity index (χ0) is 21.1. The van der Waals surface area contributed by atoms with E-state index in [1.54, 1.807) is 30.3 Å². The van der Waals surface area contributed by atoms with E-state index in [1.807, 2.05) is 35.2 Å². The van der Waals surface area contributed by atoms with Gasteiger partial charge in [-0.05, 0) is 47.5 Å². The van der Waals surface area contributed by atoms with E-state index >= 15 is 0 Å². The van der Waals surface area contributed by atoms with Crippen molar-refractivity contribution < 1.29 is 9.59 Å². The summed E-state index contributed by atoms with van der Waals surface area (Å²) >= 11 is 1.72. The molecule has 1 aliphatic rings. The first-order chi connectivity index (χ1) is 14.5. The Morgan fingerprint density at radius 3 is 2.37 bits per heavy atom. The molecule has 0 N–H and O–H groups in total. The molecule has 1 atom stereocenters. The summed E-state index contributed by atoms with van der Waals surface area (Å²) in [5.41, 5.74) is 2.40. The molecule has 0 saturated carbocycles. The molecule has 1 unspecified atom stereocenters. The quantitative estimate of drug-likeness (QED) is 0.609. The molecule has 2 heterocycles. The number of nitrogens with zero attached hydrogens (tertiary/aromatic N) is 2. The Balaban J connectivity index is 1.56. The Kier molecular flexibility index (Phi) is 5.73. The predicted molar refractivity (Wildman–Crippen MR) is 122 cm³/mol. The van der Waals surface area contributed by atoms with E-state index in [2.05, 4.69) is 41.8 Å². The lowest BCUT2D eigenvalue weighted by Gasteiger charge is -2.31. The Bertz CT molecular complexity index is 1010. The summed E-state index contributed by atoms with van der Waals surface area (Å²) in [7, 11) is 3.59. The molecule has 0 bridgehead atoms. The molecule has 4 rings (SSSR count). The van der Waals surface area contributed by atoms with Crippen LogP contribution >= 0.6 is 11.3 Å². The van der Waals surface area contributed by atoms with Gasteiger partial charge in [-0.3, -0.25) is 9.59 Å². The predicted octanol–water partition coefficient (Wildman–Crippen LogP) is 4.58. The highest BCUT2D eigenvalue weighted by atomic mass is 32.1. The molecule has 1 fully saturated rings. The first-order valence-corrected chi connectivity index (χ1v) is 11.1. The van der Waals surface area contributed by atoms with Crippen LogP contribution in [0.5, 0.6) is 0 Å². The third kappa shape index (κ3) is 4.03. The van der Waals surface area contributed by atoms with E-state index in [0.29, 0.717) is 31.5 Å². The average molecular weight is 419 g/mol. The van der Waals surface area contributed by atoms with Crippen LogP contribution < -0.4 is 0 Å². The number of rotatable bonds is 5.